The normalized spacial score (nSPS) is 14.0. The Morgan fingerprint density at radius 1 is 1.03 bits per heavy atom. The molecular formula is C27H37N3O6S. The fourth-order valence-corrected chi connectivity index (χ4v) is 4.90. The van der Waals surface area contributed by atoms with Gasteiger partial charge in [0, 0.05) is 18.2 Å². The highest BCUT2D eigenvalue weighted by atomic mass is 32.2. The Kier molecular flexibility index (Phi) is 8.73. The number of amides is 2. The van der Waals surface area contributed by atoms with Gasteiger partial charge in [-0.2, -0.15) is 0 Å². The zero-order valence-electron chi connectivity index (χ0n) is 22.4. The molecular weight excluding hydrogens is 494 g/mol. The third-order valence-electron chi connectivity index (χ3n) is 5.85. The predicted octanol–water partition coefficient (Wildman–Crippen LogP) is 3.25. The summed E-state index contributed by atoms with van der Waals surface area (Å²) < 4.78 is 37.8. The van der Waals surface area contributed by atoms with Crippen LogP contribution in [0.5, 0.6) is 11.5 Å². The number of hydrogen-bond donors (Lipinski definition) is 1. The van der Waals surface area contributed by atoms with E-state index in [2.05, 4.69) is 5.32 Å². The van der Waals surface area contributed by atoms with Gasteiger partial charge < -0.3 is 19.7 Å². The molecule has 0 fully saturated rings. The minimum absolute atomic E-state index is 0.161. The first-order valence-corrected chi connectivity index (χ1v) is 14.2. The van der Waals surface area contributed by atoms with Crippen molar-refractivity contribution in [3.8, 4) is 11.5 Å². The summed E-state index contributed by atoms with van der Waals surface area (Å²) in [7, 11) is -3.84. The van der Waals surface area contributed by atoms with Crippen molar-refractivity contribution in [1.82, 2.24) is 10.2 Å². The lowest BCUT2D eigenvalue weighted by molar-refractivity contribution is -0.141. The third kappa shape index (κ3) is 7.61. The Morgan fingerprint density at radius 3 is 2.22 bits per heavy atom. The van der Waals surface area contributed by atoms with E-state index in [-0.39, 0.29) is 18.1 Å². The minimum Gasteiger partial charge on any atom is -0.486 e. The molecule has 10 heteroatoms. The average Bonchev–Trinajstić information content (AvgIpc) is 2.81. The first-order valence-electron chi connectivity index (χ1n) is 12.3. The zero-order valence-corrected chi connectivity index (χ0v) is 23.2. The molecule has 2 aromatic rings. The molecule has 202 valence electrons. The van der Waals surface area contributed by atoms with Crippen molar-refractivity contribution in [3.05, 3.63) is 53.6 Å². The van der Waals surface area contributed by atoms with Crippen molar-refractivity contribution >= 4 is 27.5 Å². The van der Waals surface area contributed by atoms with E-state index in [0.717, 1.165) is 21.7 Å². The summed E-state index contributed by atoms with van der Waals surface area (Å²) in [5, 5.41) is 2.95. The van der Waals surface area contributed by atoms with Gasteiger partial charge in [0.1, 0.15) is 25.8 Å². The van der Waals surface area contributed by atoms with Gasteiger partial charge in [0.15, 0.2) is 11.5 Å². The Hall–Kier alpha value is -3.27. The number of carbonyl (C=O) groups is 2. The van der Waals surface area contributed by atoms with Crippen LogP contribution in [-0.2, 0) is 26.2 Å². The van der Waals surface area contributed by atoms with Crippen LogP contribution in [0.3, 0.4) is 0 Å². The summed E-state index contributed by atoms with van der Waals surface area (Å²) in [4.78, 5) is 28.5. The van der Waals surface area contributed by atoms with Crippen molar-refractivity contribution in [1.29, 1.82) is 0 Å². The lowest BCUT2D eigenvalue weighted by Crippen LogP contribution is -2.55. The topological polar surface area (TPSA) is 105 Å². The Labute approximate surface area is 219 Å². The van der Waals surface area contributed by atoms with Gasteiger partial charge in [-0.15, -0.1) is 0 Å². The van der Waals surface area contributed by atoms with Crippen molar-refractivity contribution in [3.63, 3.8) is 0 Å². The molecule has 0 aromatic heterocycles. The summed E-state index contributed by atoms with van der Waals surface area (Å²) in [5.41, 5.74) is 1.70. The van der Waals surface area contributed by atoms with Crippen LogP contribution in [0.4, 0.5) is 5.69 Å². The van der Waals surface area contributed by atoms with E-state index < -0.39 is 34.1 Å². The number of aryl methyl sites for hydroxylation is 1. The van der Waals surface area contributed by atoms with E-state index in [1.54, 1.807) is 18.2 Å². The highest BCUT2D eigenvalue weighted by molar-refractivity contribution is 7.92. The van der Waals surface area contributed by atoms with Gasteiger partial charge in [0.05, 0.1) is 11.9 Å². The maximum absolute atomic E-state index is 13.8. The van der Waals surface area contributed by atoms with Crippen LogP contribution in [-0.4, -0.2) is 62.7 Å². The van der Waals surface area contributed by atoms with Crippen LogP contribution in [0.2, 0.25) is 0 Å². The molecule has 1 N–H and O–H groups in total. The molecule has 0 radical (unpaired) electrons. The van der Waals surface area contributed by atoms with Crippen LogP contribution < -0.4 is 19.1 Å². The SMILES string of the molecule is CC[C@H](C(=O)NC(C)(C)C)N(Cc1ccc(C)cc1)C(=O)CN(c1ccc2c(c1)OCCO2)S(C)(=O)=O. The number of nitrogens with one attached hydrogen (secondary N) is 1. The van der Waals surface area contributed by atoms with E-state index >= 15 is 0 Å². The second kappa shape index (κ2) is 11.4. The molecule has 0 aliphatic carbocycles. The molecule has 0 saturated carbocycles. The summed E-state index contributed by atoms with van der Waals surface area (Å²) in [6.45, 7) is 9.86. The van der Waals surface area contributed by atoms with Crippen LogP contribution in [0.25, 0.3) is 0 Å². The predicted molar refractivity (Wildman–Crippen MR) is 143 cm³/mol. The van der Waals surface area contributed by atoms with Gasteiger partial charge in [0.25, 0.3) is 0 Å². The second-order valence-electron chi connectivity index (χ2n) is 10.3. The number of fused-ring (bicyclic) bond motifs is 1. The highest BCUT2D eigenvalue weighted by Gasteiger charge is 2.33. The molecule has 0 spiro atoms. The summed E-state index contributed by atoms with van der Waals surface area (Å²) in [5.74, 6) is 0.149. The second-order valence-corrected chi connectivity index (χ2v) is 12.2. The molecule has 0 unspecified atom stereocenters. The maximum atomic E-state index is 13.8. The number of anilines is 1. The third-order valence-corrected chi connectivity index (χ3v) is 6.99. The van der Waals surface area contributed by atoms with Gasteiger partial charge >= 0.3 is 0 Å². The van der Waals surface area contributed by atoms with E-state index in [4.69, 9.17) is 9.47 Å². The van der Waals surface area contributed by atoms with E-state index in [9.17, 15) is 18.0 Å². The standard InChI is InChI=1S/C27H37N3O6S/c1-7-22(26(32)28-27(3,4)5)29(17-20-10-8-19(2)9-11-20)25(31)18-30(37(6,33)34)21-12-13-23-24(16-21)36-15-14-35-23/h8-13,16,22H,7,14-15,17-18H2,1-6H3,(H,28,32)/t22-/m1/s1. The molecule has 1 atom stereocenters. The number of ether oxygens (including phenoxy) is 2. The lowest BCUT2D eigenvalue weighted by atomic mass is 10.1. The largest absolute Gasteiger partial charge is 0.486 e. The van der Waals surface area contributed by atoms with E-state index in [1.807, 2.05) is 58.9 Å². The molecule has 0 bridgehead atoms. The fraction of sp³-hybridized carbons (Fsp3) is 0.481. The number of sulfonamides is 1. The number of nitrogens with zero attached hydrogens (tertiary/aromatic N) is 2. The van der Waals surface area contributed by atoms with Crippen LogP contribution in [0, 0.1) is 6.92 Å². The van der Waals surface area contributed by atoms with Crippen molar-refractivity contribution in [2.45, 2.75) is 59.2 Å². The number of benzene rings is 2. The monoisotopic (exact) mass is 531 g/mol. The Morgan fingerprint density at radius 2 is 1.65 bits per heavy atom. The number of hydrogen-bond acceptors (Lipinski definition) is 6. The maximum Gasteiger partial charge on any atom is 0.244 e. The number of rotatable bonds is 9. The molecule has 0 saturated heterocycles. The smallest absolute Gasteiger partial charge is 0.244 e. The van der Waals surface area contributed by atoms with Gasteiger partial charge in [-0.1, -0.05) is 36.8 Å². The number of carbonyl (C=O) groups excluding carboxylic acids is 2. The van der Waals surface area contributed by atoms with Gasteiger partial charge in [-0.05, 0) is 51.8 Å². The van der Waals surface area contributed by atoms with Crippen LogP contribution in [0.15, 0.2) is 42.5 Å². The molecule has 3 rings (SSSR count). The lowest BCUT2D eigenvalue weighted by Gasteiger charge is -2.34. The molecule has 1 heterocycles. The molecule has 37 heavy (non-hydrogen) atoms. The first-order chi connectivity index (χ1) is 17.3. The fourth-order valence-electron chi connectivity index (χ4n) is 4.06. The van der Waals surface area contributed by atoms with E-state index in [0.29, 0.717) is 31.1 Å². The summed E-state index contributed by atoms with van der Waals surface area (Å²) >= 11 is 0. The zero-order chi connectivity index (χ0) is 27.4. The minimum atomic E-state index is -3.84. The van der Waals surface area contributed by atoms with Gasteiger partial charge in [-0.25, -0.2) is 8.42 Å². The van der Waals surface area contributed by atoms with Crippen LogP contribution in [0.1, 0.15) is 45.2 Å². The van der Waals surface area contributed by atoms with Crippen molar-refractivity contribution < 1.29 is 27.5 Å². The van der Waals surface area contributed by atoms with E-state index in [1.165, 1.54) is 4.90 Å². The molecule has 2 aromatic carbocycles. The van der Waals surface area contributed by atoms with Crippen LogP contribution >= 0.6 is 0 Å². The van der Waals surface area contributed by atoms with Gasteiger partial charge in [0.2, 0.25) is 21.8 Å². The molecule has 1 aliphatic heterocycles. The highest BCUT2D eigenvalue weighted by Crippen LogP contribution is 2.34. The molecule has 9 nitrogen and oxygen atoms in total. The summed E-state index contributed by atoms with van der Waals surface area (Å²) in [6, 6.07) is 11.7. The first kappa shape index (κ1) is 28.3. The average molecular weight is 532 g/mol. The molecule has 2 amide bonds. The Balaban J connectivity index is 1.96. The quantitative estimate of drug-likeness (QED) is 0.533. The van der Waals surface area contributed by atoms with Crippen molar-refractivity contribution in [2.24, 2.45) is 0 Å². The van der Waals surface area contributed by atoms with Crippen molar-refractivity contribution in [2.75, 3.05) is 30.3 Å². The summed E-state index contributed by atoms with van der Waals surface area (Å²) in [6.07, 6.45) is 1.41. The Bertz CT molecular complexity index is 1220. The van der Waals surface area contributed by atoms with Gasteiger partial charge in [-0.3, -0.25) is 13.9 Å². The molecule has 1 aliphatic rings.